The SMILES string of the molecule is COCCCOc1cc(C(=O)OF)cc2ccccc12. The Morgan fingerprint density at radius 2 is 2.00 bits per heavy atom. The molecule has 0 radical (unpaired) electrons. The zero-order chi connectivity index (χ0) is 14.4. The maximum absolute atomic E-state index is 12.0. The zero-order valence-electron chi connectivity index (χ0n) is 11.1. The third-order valence-electron chi connectivity index (χ3n) is 2.88. The first kappa shape index (κ1) is 14.3. The van der Waals surface area contributed by atoms with Gasteiger partial charge in [-0.3, -0.25) is 0 Å². The van der Waals surface area contributed by atoms with Crippen LogP contribution in [0.25, 0.3) is 10.8 Å². The molecule has 20 heavy (non-hydrogen) atoms. The minimum absolute atomic E-state index is 0.118. The van der Waals surface area contributed by atoms with E-state index in [0.29, 0.717) is 19.0 Å². The van der Waals surface area contributed by atoms with Crippen LogP contribution in [-0.4, -0.2) is 26.3 Å². The first-order valence-corrected chi connectivity index (χ1v) is 6.23. The number of rotatable bonds is 6. The van der Waals surface area contributed by atoms with E-state index in [0.717, 1.165) is 17.2 Å². The number of benzene rings is 2. The second-order valence-electron chi connectivity index (χ2n) is 4.25. The molecule has 2 rings (SSSR count). The molecule has 0 saturated carbocycles. The van der Waals surface area contributed by atoms with Gasteiger partial charge in [0, 0.05) is 30.0 Å². The molecule has 0 bridgehead atoms. The molecule has 0 aliphatic heterocycles. The Bertz CT molecular complexity index is 597. The number of carbonyl (C=O) groups excluding carboxylic acids is 1. The largest absolute Gasteiger partial charge is 0.493 e. The van der Waals surface area contributed by atoms with Crippen molar-refractivity contribution >= 4 is 16.7 Å². The maximum Gasteiger partial charge on any atom is 0.379 e. The minimum Gasteiger partial charge on any atom is -0.493 e. The average molecular weight is 278 g/mol. The molecule has 0 N–H and O–H groups in total. The first-order valence-electron chi connectivity index (χ1n) is 6.23. The number of carbonyl (C=O) groups is 1. The minimum atomic E-state index is -1.03. The van der Waals surface area contributed by atoms with Crippen molar-refractivity contribution < 1.29 is 23.7 Å². The number of fused-ring (bicyclic) bond motifs is 1. The topological polar surface area (TPSA) is 44.8 Å². The summed E-state index contributed by atoms with van der Waals surface area (Å²) >= 11 is 0. The van der Waals surface area contributed by atoms with E-state index in [1.54, 1.807) is 13.2 Å². The van der Waals surface area contributed by atoms with Gasteiger partial charge in [0.15, 0.2) is 0 Å². The van der Waals surface area contributed by atoms with Gasteiger partial charge in [-0.25, -0.2) is 9.74 Å². The molecule has 0 aromatic heterocycles. The van der Waals surface area contributed by atoms with Gasteiger partial charge in [-0.15, -0.1) is 0 Å². The third kappa shape index (κ3) is 3.24. The van der Waals surface area contributed by atoms with Crippen molar-refractivity contribution in [1.82, 2.24) is 0 Å². The molecule has 0 unspecified atom stereocenters. The van der Waals surface area contributed by atoms with Crippen molar-refractivity contribution in [3.8, 4) is 5.75 Å². The van der Waals surface area contributed by atoms with Crippen LogP contribution in [0.3, 0.4) is 0 Å². The summed E-state index contributed by atoms with van der Waals surface area (Å²) in [7, 11) is 1.62. The lowest BCUT2D eigenvalue weighted by atomic mass is 10.1. The molecule has 0 saturated heterocycles. The highest BCUT2D eigenvalue weighted by Gasteiger charge is 2.12. The summed E-state index contributed by atoms with van der Waals surface area (Å²) < 4.78 is 22.6. The van der Waals surface area contributed by atoms with Gasteiger partial charge in [0.05, 0.1) is 12.2 Å². The van der Waals surface area contributed by atoms with Crippen LogP contribution >= 0.6 is 0 Å². The van der Waals surface area contributed by atoms with Crippen LogP contribution in [0.1, 0.15) is 16.8 Å². The molecule has 0 aliphatic rings. The maximum atomic E-state index is 12.0. The summed E-state index contributed by atoms with van der Waals surface area (Å²) in [5.41, 5.74) is 0.118. The summed E-state index contributed by atoms with van der Waals surface area (Å²) in [6, 6.07) is 10.5. The Balaban J connectivity index is 2.31. The van der Waals surface area contributed by atoms with E-state index < -0.39 is 5.97 Å². The molecular formula is C15H15FO4. The fourth-order valence-corrected chi connectivity index (χ4v) is 1.94. The van der Waals surface area contributed by atoms with Crippen molar-refractivity contribution in [3.63, 3.8) is 0 Å². The van der Waals surface area contributed by atoms with Gasteiger partial charge in [0.1, 0.15) is 5.75 Å². The van der Waals surface area contributed by atoms with E-state index in [1.807, 2.05) is 24.3 Å². The van der Waals surface area contributed by atoms with Crippen LogP contribution in [-0.2, 0) is 9.68 Å². The van der Waals surface area contributed by atoms with E-state index in [4.69, 9.17) is 9.47 Å². The Hall–Kier alpha value is -2.14. The lowest BCUT2D eigenvalue weighted by molar-refractivity contribution is -0.0788. The van der Waals surface area contributed by atoms with Crippen molar-refractivity contribution in [2.45, 2.75) is 6.42 Å². The summed E-state index contributed by atoms with van der Waals surface area (Å²) in [6.07, 6.45) is 0.725. The summed E-state index contributed by atoms with van der Waals surface area (Å²) in [5.74, 6) is -0.503. The molecule has 0 atom stereocenters. The second-order valence-corrected chi connectivity index (χ2v) is 4.25. The van der Waals surface area contributed by atoms with Gasteiger partial charge in [-0.2, -0.15) is 0 Å². The standard InChI is InChI=1S/C15H15FO4/c1-18-7-4-8-19-14-10-12(15(17)20-16)9-11-5-2-3-6-13(11)14/h2-3,5-6,9-10H,4,7-8H2,1H3. The van der Waals surface area contributed by atoms with Crippen LogP contribution < -0.4 is 4.74 Å². The van der Waals surface area contributed by atoms with E-state index in [2.05, 4.69) is 4.94 Å². The van der Waals surface area contributed by atoms with Crippen LogP contribution in [0.5, 0.6) is 5.75 Å². The van der Waals surface area contributed by atoms with Crippen LogP contribution in [0.2, 0.25) is 0 Å². The van der Waals surface area contributed by atoms with Crippen molar-refractivity contribution in [1.29, 1.82) is 0 Å². The van der Waals surface area contributed by atoms with Crippen LogP contribution in [0.15, 0.2) is 36.4 Å². The molecule has 4 nitrogen and oxygen atoms in total. The normalized spacial score (nSPS) is 10.5. The smallest absolute Gasteiger partial charge is 0.379 e. The number of hydrogen-bond acceptors (Lipinski definition) is 4. The number of hydrogen-bond donors (Lipinski definition) is 0. The summed E-state index contributed by atoms with van der Waals surface area (Å²) in [5, 5.41) is 1.65. The van der Waals surface area contributed by atoms with E-state index in [1.165, 1.54) is 6.07 Å². The Morgan fingerprint density at radius 3 is 2.75 bits per heavy atom. The average Bonchev–Trinajstić information content (AvgIpc) is 2.50. The fourth-order valence-electron chi connectivity index (χ4n) is 1.94. The highest BCUT2D eigenvalue weighted by Crippen LogP contribution is 2.28. The quantitative estimate of drug-likeness (QED) is 0.760. The Morgan fingerprint density at radius 1 is 1.20 bits per heavy atom. The molecule has 106 valence electrons. The lowest BCUT2D eigenvalue weighted by Crippen LogP contribution is -2.04. The number of methoxy groups -OCH3 is 1. The molecular weight excluding hydrogens is 263 g/mol. The van der Waals surface area contributed by atoms with Gasteiger partial charge in [0.2, 0.25) is 0 Å². The molecule has 5 heteroatoms. The van der Waals surface area contributed by atoms with Crippen molar-refractivity contribution in [2.24, 2.45) is 0 Å². The highest BCUT2D eigenvalue weighted by atomic mass is 19.3. The first-order chi connectivity index (χ1) is 9.76. The van der Waals surface area contributed by atoms with E-state index in [9.17, 15) is 9.32 Å². The van der Waals surface area contributed by atoms with Crippen molar-refractivity contribution in [2.75, 3.05) is 20.3 Å². The predicted molar refractivity (Wildman–Crippen MR) is 72.5 cm³/mol. The molecule has 0 fully saturated rings. The molecule has 2 aromatic carbocycles. The van der Waals surface area contributed by atoms with Crippen molar-refractivity contribution in [3.05, 3.63) is 42.0 Å². The molecule has 0 amide bonds. The van der Waals surface area contributed by atoms with Gasteiger partial charge < -0.3 is 9.47 Å². The fraction of sp³-hybridized carbons (Fsp3) is 0.267. The predicted octanol–water partition coefficient (Wildman–Crippen LogP) is 3.30. The van der Waals surface area contributed by atoms with E-state index in [-0.39, 0.29) is 5.56 Å². The second kappa shape index (κ2) is 6.86. The number of ether oxygens (including phenoxy) is 2. The van der Waals surface area contributed by atoms with Gasteiger partial charge >= 0.3 is 5.97 Å². The van der Waals surface area contributed by atoms with E-state index >= 15 is 0 Å². The van der Waals surface area contributed by atoms with Gasteiger partial charge in [-0.05, 0) is 17.5 Å². The zero-order valence-corrected chi connectivity index (χ0v) is 11.1. The monoisotopic (exact) mass is 278 g/mol. The summed E-state index contributed by atoms with van der Waals surface area (Å²) in [6.45, 7) is 1.04. The third-order valence-corrected chi connectivity index (χ3v) is 2.88. The van der Waals surface area contributed by atoms with Gasteiger partial charge in [0.25, 0.3) is 0 Å². The Kier molecular flexibility index (Phi) is 4.90. The molecule has 0 spiro atoms. The molecule has 0 heterocycles. The highest BCUT2D eigenvalue weighted by molar-refractivity contribution is 5.98. The van der Waals surface area contributed by atoms with Crippen LogP contribution in [0, 0.1) is 0 Å². The lowest BCUT2D eigenvalue weighted by Gasteiger charge is -2.10. The molecule has 2 aromatic rings. The number of halogens is 1. The Labute approximate surface area is 116 Å². The summed E-state index contributed by atoms with van der Waals surface area (Å²) in [4.78, 5) is 14.6. The van der Waals surface area contributed by atoms with Gasteiger partial charge in [-0.1, -0.05) is 24.3 Å². The molecule has 0 aliphatic carbocycles. The van der Waals surface area contributed by atoms with Crippen LogP contribution in [0.4, 0.5) is 4.53 Å².